The fourth-order valence-corrected chi connectivity index (χ4v) is 3.98. The molecule has 0 unspecified atom stereocenters. The lowest BCUT2D eigenvalue weighted by Crippen LogP contribution is -2.39. The number of imidazole rings is 1. The number of rotatable bonds is 11. The third-order valence-electron chi connectivity index (χ3n) is 5.43. The molecule has 2 amide bonds. The van der Waals surface area contributed by atoms with Crippen molar-refractivity contribution < 1.29 is 9.59 Å². The summed E-state index contributed by atoms with van der Waals surface area (Å²) < 4.78 is 2.00. The quantitative estimate of drug-likeness (QED) is 0.427. The fourth-order valence-electron chi connectivity index (χ4n) is 3.98. The molecule has 34 heavy (non-hydrogen) atoms. The molecule has 0 atom stereocenters. The first-order valence-corrected chi connectivity index (χ1v) is 12.1. The Morgan fingerprint density at radius 2 is 1.62 bits per heavy atom. The van der Waals surface area contributed by atoms with Crippen molar-refractivity contribution in [3.8, 4) is 0 Å². The summed E-state index contributed by atoms with van der Waals surface area (Å²) in [6, 6.07) is 17.6. The molecule has 0 saturated heterocycles. The Balaban J connectivity index is 1.70. The Hall–Kier alpha value is -3.41. The van der Waals surface area contributed by atoms with Crippen LogP contribution in [0.1, 0.15) is 39.1 Å². The number of amides is 2. The van der Waals surface area contributed by atoms with Crippen molar-refractivity contribution in [2.24, 2.45) is 11.8 Å². The molecule has 0 saturated carbocycles. The van der Waals surface area contributed by atoms with E-state index < -0.39 is 0 Å². The van der Waals surface area contributed by atoms with Crippen LogP contribution < -0.4 is 5.32 Å². The highest BCUT2D eigenvalue weighted by atomic mass is 16.2. The molecule has 3 aromatic rings. The summed E-state index contributed by atoms with van der Waals surface area (Å²) in [6.45, 7) is 10.7. The summed E-state index contributed by atoms with van der Waals surface area (Å²) in [5.74, 6) is 1.56. The van der Waals surface area contributed by atoms with Crippen LogP contribution in [0.5, 0.6) is 0 Å². The average molecular weight is 461 g/mol. The monoisotopic (exact) mass is 460 g/mol. The largest absolute Gasteiger partial charge is 0.352 e. The number of para-hydroxylation sites is 2. The van der Waals surface area contributed by atoms with E-state index in [1.807, 2.05) is 64.1 Å². The van der Waals surface area contributed by atoms with E-state index in [1.54, 1.807) is 6.08 Å². The third-order valence-corrected chi connectivity index (χ3v) is 5.43. The number of fused-ring (bicyclic) bond motifs is 1. The number of aromatic nitrogens is 2. The van der Waals surface area contributed by atoms with Gasteiger partial charge in [0.25, 0.3) is 0 Å². The Morgan fingerprint density at radius 1 is 0.971 bits per heavy atom. The third kappa shape index (κ3) is 7.30. The number of carbonyl (C=O) groups excluding carboxylic acids is 2. The lowest BCUT2D eigenvalue weighted by molar-refractivity contribution is -0.133. The van der Waals surface area contributed by atoms with Gasteiger partial charge in [0.05, 0.1) is 11.0 Å². The van der Waals surface area contributed by atoms with E-state index in [-0.39, 0.29) is 18.4 Å². The number of hydrogen-bond donors (Lipinski definition) is 1. The summed E-state index contributed by atoms with van der Waals surface area (Å²) in [7, 11) is 0. The number of benzene rings is 2. The Bertz CT molecular complexity index is 1110. The maximum Gasteiger partial charge on any atom is 0.244 e. The van der Waals surface area contributed by atoms with Crippen LogP contribution in [0, 0.1) is 11.8 Å². The van der Waals surface area contributed by atoms with Gasteiger partial charge in [0.15, 0.2) is 0 Å². The first-order valence-electron chi connectivity index (χ1n) is 12.1. The number of carbonyl (C=O) groups is 2. The molecule has 0 aliphatic rings. The molecular formula is C28H36N4O2. The molecule has 1 N–H and O–H groups in total. The maximum atomic E-state index is 13.3. The highest BCUT2D eigenvalue weighted by Crippen LogP contribution is 2.17. The first kappa shape index (κ1) is 25.2. The molecule has 1 heterocycles. The van der Waals surface area contributed by atoms with E-state index in [1.165, 1.54) is 6.08 Å². The van der Waals surface area contributed by atoms with Crippen molar-refractivity contribution in [1.29, 1.82) is 0 Å². The molecule has 0 spiro atoms. The molecule has 0 aliphatic carbocycles. The smallest absolute Gasteiger partial charge is 0.244 e. The van der Waals surface area contributed by atoms with Gasteiger partial charge in [0, 0.05) is 32.1 Å². The summed E-state index contributed by atoms with van der Waals surface area (Å²) in [4.78, 5) is 32.3. The summed E-state index contributed by atoms with van der Waals surface area (Å²) >= 11 is 0. The van der Waals surface area contributed by atoms with Crippen LogP contribution in [0.2, 0.25) is 0 Å². The molecule has 0 fully saturated rings. The molecule has 0 bridgehead atoms. The normalized spacial score (nSPS) is 11.6. The van der Waals surface area contributed by atoms with Gasteiger partial charge in [-0.1, -0.05) is 70.2 Å². The summed E-state index contributed by atoms with van der Waals surface area (Å²) in [6.07, 6.45) is 3.88. The summed E-state index contributed by atoms with van der Waals surface area (Å²) in [5, 5.41) is 2.93. The molecule has 6 heteroatoms. The van der Waals surface area contributed by atoms with Crippen molar-refractivity contribution in [3.63, 3.8) is 0 Å². The van der Waals surface area contributed by atoms with E-state index in [0.29, 0.717) is 24.8 Å². The molecular weight excluding hydrogens is 424 g/mol. The minimum absolute atomic E-state index is 0.0987. The van der Waals surface area contributed by atoms with Gasteiger partial charge in [0.2, 0.25) is 11.8 Å². The highest BCUT2D eigenvalue weighted by molar-refractivity contribution is 5.91. The Labute approximate surface area is 202 Å². The number of hydrogen-bond acceptors (Lipinski definition) is 3. The number of nitrogens with zero attached hydrogens (tertiary/aromatic N) is 3. The van der Waals surface area contributed by atoms with E-state index >= 15 is 0 Å². The van der Waals surface area contributed by atoms with E-state index in [0.717, 1.165) is 35.5 Å². The minimum Gasteiger partial charge on any atom is -0.352 e. The number of nitrogens with one attached hydrogen (secondary N) is 1. The molecule has 6 nitrogen and oxygen atoms in total. The molecule has 3 rings (SSSR count). The molecule has 0 radical (unpaired) electrons. The lowest BCUT2D eigenvalue weighted by atomic mass is 10.1. The SMILES string of the molecule is CC(C)CN(CC(C)C)C(=O)Cn1c(CCNC(=O)/C=C/c2ccccc2)nc2ccccc21. The highest BCUT2D eigenvalue weighted by Gasteiger charge is 2.20. The van der Waals surface area contributed by atoms with Gasteiger partial charge < -0.3 is 14.8 Å². The second-order valence-electron chi connectivity index (χ2n) is 9.47. The van der Waals surface area contributed by atoms with Gasteiger partial charge in [0.1, 0.15) is 12.4 Å². The van der Waals surface area contributed by atoms with Crippen LogP contribution in [-0.4, -0.2) is 45.9 Å². The van der Waals surface area contributed by atoms with E-state index in [4.69, 9.17) is 4.98 Å². The van der Waals surface area contributed by atoms with Gasteiger partial charge in [-0.3, -0.25) is 9.59 Å². The van der Waals surface area contributed by atoms with Crippen LogP contribution in [-0.2, 0) is 22.6 Å². The van der Waals surface area contributed by atoms with Crippen LogP contribution in [0.4, 0.5) is 0 Å². The second-order valence-corrected chi connectivity index (χ2v) is 9.47. The molecule has 2 aromatic carbocycles. The van der Waals surface area contributed by atoms with Crippen LogP contribution >= 0.6 is 0 Å². The predicted molar refractivity (Wildman–Crippen MR) is 138 cm³/mol. The van der Waals surface area contributed by atoms with Crippen LogP contribution in [0.15, 0.2) is 60.7 Å². The van der Waals surface area contributed by atoms with Crippen molar-refractivity contribution in [2.45, 2.75) is 40.7 Å². The van der Waals surface area contributed by atoms with E-state index in [9.17, 15) is 9.59 Å². The zero-order valence-corrected chi connectivity index (χ0v) is 20.7. The van der Waals surface area contributed by atoms with Gasteiger partial charge in [-0.05, 0) is 35.6 Å². The van der Waals surface area contributed by atoms with E-state index in [2.05, 4.69) is 33.0 Å². The average Bonchev–Trinajstić information content (AvgIpc) is 3.14. The standard InChI is InChI=1S/C28H36N4O2/c1-21(2)18-31(19-22(3)4)28(34)20-32-25-13-9-8-12-24(25)30-26(32)16-17-29-27(33)15-14-23-10-6-5-7-11-23/h5-15,21-22H,16-20H2,1-4H3,(H,29,33)/b15-14+. The van der Waals surface area contributed by atoms with Crippen LogP contribution in [0.25, 0.3) is 17.1 Å². The maximum absolute atomic E-state index is 13.3. The fraction of sp³-hybridized carbons (Fsp3) is 0.393. The second kappa shape index (κ2) is 12.2. The van der Waals surface area contributed by atoms with Gasteiger partial charge in [-0.15, -0.1) is 0 Å². The molecule has 0 aliphatic heterocycles. The Kier molecular flexibility index (Phi) is 9.02. The van der Waals surface area contributed by atoms with Gasteiger partial charge in [-0.2, -0.15) is 0 Å². The zero-order chi connectivity index (χ0) is 24.5. The first-order chi connectivity index (χ1) is 16.3. The molecule has 1 aromatic heterocycles. The predicted octanol–water partition coefficient (Wildman–Crippen LogP) is 4.55. The molecule has 180 valence electrons. The van der Waals surface area contributed by atoms with Crippen molar-refractivity contribution >= 4 is 28.9 Å². The van der Waals surface area contributed by atoms with Gasteiger partial charge >= 0.3 is 0 Å². The van der Waals surface area contributed by atoms with Crippen molar-refractivity contribution in [1.82, 2.24) is 19.8 Å². The Morgan fingerprint density at radius 3 is 2.29 bits per heavy atom. The zero-order valence-electron chi connectivity index (χ0n) is 20.7. The topological polar surface area (TPSA) is 67.2 Å². The lowest BCUT2D eigenvalue weighted by Gasteiger charge is -2.27. The van der Waals surface area contributed by atoms with Crippen molar-refractivity contribution in [3.05, 3.63) is 72.1 Å². The minimum atomic E-state index is -0.150. The van der Waals surface area contributed by atoms with Crippen molar-refractivity contribution in [2.75, 3.05) is 19.6 Å². The van der Waals surface area contributed by atoms with Gasteiger partial charge in [-0.25, -0.2) is 4.98 Å². The van der Waals surface area contributed by atoms with Crippen LogP contribution in [0.3, 0.4) is 0 Å². The summed E-state index contributed by atoms with van der Waals surface area (Å²) in [5.41, 5.74) is 2.78.